The van der Waals surface area contributed by atoms with E-state index in [9.17, 15) is 22.8 Å². The van der Waals surface area contributed by atoms with Gasteiger partial charge in [-0.15, -0.1) is 10.2 Å². The second kappa shape index (κ2) is 7.95. The zero-order valence-electron chi connectivity index (χ0n) is 13.4. The predicted octanol–water partition coefficient (Wildman–Crippen LogP) is 1.57. The number of carbonyl (C=O) groups is 2. The first-order chi connectivity index (χ1) is 12.9. The first kappa shape index (κ1) is 18.5. The van der Waals surface area contributed by atoms with Crippen molar-refractivity contribution in [2.45, 2.75) is 6.54 Å². The average Bonchev–Trinajstić information content (AvgIpc) is 3.32. The second-order valence-electron chi connectivity index (χ2n) is 5.20. The highest BCUT2D eigenvalue weighted by Gasteiger charge is 2.16. The number of tetrazole rings is 1. The first-order valence-corrected chi connectivity index (χ1v) is 8.38. The minimum Gasteiger partial charge on any atom is -0.345 e. The van der Waals surface area contributed by atoms with Crippen LogP contribution in [0.5, 0.6) is 0 Å². The molecule has 2 amide bonds. The lowest BCUT2D eigenvalue weighted by Gasteiger charge is -2.08. The number of amides is 2. The summed E-state index contributed by atoms with van der Waals surface area (Å²) in [6.45, 7) is -0.798. The summed E-state index contributed by atoms with van der Waals surface area (Å²) < 4.78 is 39.4. The highest BCUT2D eigenvalue weighted by Crippen LogP contribution is 2.19. The molecule has 0 spiro atoms. The molecule has 0 bridgehead atoms. The lowest BCUT2D eigenvalue weighted by Crippen LogP contribution is -2.35. The molecule has 1 aromatic carbocycles. The quantitative estimate of drug-likeness (QED) is 0.616. The molecular formula is C15H11F3N6O2S. The molecule has 2 N–H and O–H groups in total. The number of thiophene rings is 1. The molecule has 8 nitrogen and oxygen atoms in total. The maximum Gasteiger partial charge on any atom is 0.244 e. The van der Waals surface area contributed by atoms with Crippen LogP contribution in [-0.4, -0.2) is 38.6 Å². The Hall–Kier alpha value is -3.28. The minimum atomic E-state index is -1.70. The molecule has 0 aliphatic carbocycles. The van der Waals surface area contributed by atoms with Crippen LogP contribution in [0.15, 0.2) is 29.0 Å². The fourth-order valence-electron chi connectivity index (χ4n) is 2.00. The van der Waals surface area contributed by atoms with Gasteiger partial charge < -0.3 is 10.6 Å². The average molecular weight is 396 g/mol. The van der Waals surface area contributed by atoms with Crippen molar-refractivity contribution in [3.05, 3.63) is 46.4 Å². The molecule has 3 rings (SSSR count). The molecule has 2 aromatic heterocycles. The number of aromatic nitrogens is 4. The number of benzene rings is 1. The van der Waals surface area contributed by atoms with E-state index < -0.39 is 41.5 Å². The van der Waals surface area contributed by atoms with Gasteiger partial charge in [-0.25, -0.2) is 13.2 Å². The molecule has 0 atom stereocenters. The molecule has 0 aliphatic heterocycles. The van der Waals surface area contributed by atoms with Crippen LogP contribution >= 0.6 is 11.3 Å². The molecule has 0 fully saturated rings. The van der Waals surface area contributed by atoms with E-state index in [1.807, 2.05) is 16.1 Å². The lowest BCUT2D eigenvalue weighted by atomic mass is 10.2. The van der Waals surface area contributed by atoms with Gasteiger partial charge in [0, 0.05) is 10.9 Å². The van der Waals surface area contributed by atoms with Crippen LogP contribution in [0.1, 0.15) is 0 Å². The van der Waals surface area contributed by atoms with E-state index in [1.165, 1.54) is 11.3 Å². The third-order valence-electron chi connectivity index (χ3n) is 3.27. The van der Waals surface area contributed by atoms with Crippen molar-refractivity contribution >= 4 is 28.8 Å². The van der Waals surface area contributed by atoms with Crippen LogP contribution in [0.25, 0.3) is 11.4 Å². The third-order valence-corrected chi connectivity index (χ3v) is 3.96. The molecule has 0 saturated heterocycles. The zero-order chi connectivity index (χ0) is 19.4. The summed E-state index contributed by atoms with van der Waals surface area (Å²) in [4.78, 5) is 24.6. The fourth-order valence-corrected chi connectivity index (χ4v) is 2.63. The van der Waals surface area contributed by atoms with Crippen LogP contribution in [-0.2, 0) is 16.1 Å². The van der Waals surface area contributed by atoms with Gasteiger partial charge in [-0.1, -0.05) is 0 Å². The van der Waals surface area contributed by atoms with Crippen molar-refractivity contribution < 1.29 is 22.8 Å². The third kappa shape index (κ3) is 4.47. The van der Waals surface area contributed by atoms with E-state index in [0.717, 1.165) is 16.4 Å². The largest absolute Gasteiger partial charge is 0.345 e. The van der Waals surface area contributed by atoms with E-state index in [0.29, 0.717) is 11.9 Å². The molecule has 0 aliphatic rings. The highest BCUT2D eigenvalue weighted by molar-refractivity contribution is 7.08. The molecule has 140 valence electrons. The number of rotatable bonds is 6. The maximum atomic E-state index is 13.5. The van der Waals surface area contributed by atoms with Gasteiger partial charge in [0.2, 0.25) is 17.6 Å². The van der Waals surface area contributed by atoms with E-state index in [2.05, 4.69) is 20.7 Å². The molecule has 27 heavy (non-hydrogen) atoms. The summed E-state index contributed by atoms with van der Waals surface area (Å²) in [7, 11) is 0. The minimum absolute atomic E-state index is 0.288. The van der Waals surface area contributed by atoms with Crippen molar-refractivity contribution in [3.63, 3.8) is 0 Å². The Kier molecular flexibility index (Phi) is 5.45. The monoisotopic (exact) mass is 396 g/mol. The number of anilines is 1. The van der Waals surface area contributed by atoms with Crippen molar-refractivity contribution in [3.8, 4) is 11.4 Å². The zero-order valence-corrected chi connectivity index (χ0v) is 14.3. The molecule has 0 radical (unpaired) electrons. The molecule has 3 aromatic rings. The van der Waals surface area contributed by atoms with E-state index in [-0.39, 0.29) is 6.54 Å². The van der Waals surface area contributed by atoms with Crippen LogP contribution < -0.4 is 10.6 Å². The van der Waals surface area contributed by atoms with Gasteiger partial charge in [-0.2, -0.15) is 16.1 Å². The second-order valence-corrected chi connectivity index (χ2v) is 5.98. The smallest absolute Gasteiger partial charge is 0.244 e. The Balaban J connectivity index is 1.50. The summed E-state index contributed by atoms with van der Waals surface area (Å²) in [5, 5.41) is 19.5. The molecule has 0 saturated carbocycles. The molecule has 0 unspecified atom stereocenters. The standard InChI is InChI=1S/C15H11F3N6O2S/c16-9-1-2-10(14(18)13(9)17)20-11(25)5-19-12(26)6-24-22-15(21-23-24)8-3-4-27-7-8/h1-4,7H,5-6H2,(H,19,26)(H,20,25). The molecule has 2 heterocycles. The Morgan fingerprint density at radius 1 is 1.11 bits per heavy atom. The van der Waals surface area contributed by atoms with Crippen molar-refractivity contribution in [2.75, 3.05) is 11.9 Å². The number of hydrogen-bond donors (Lipinski definition) is 2. The number of halogens is 3. The summed E-state index contributed by atoms with van der Waals surface area (Å²) in [6, 6.07) is 3.35. The van der Waals surface area contributed by atoms with E-state index >= 15 is 0 Å². The summed E-state index contributed by atoms with van der Waals surface area (Å²) in [5.41, 5.74) is 0.228. The van der Waals surface area contributed by atoms with Crippen LogP contribution in [0, 0.1) is 17.5 Å². The Morgan fingerprint density at radius 2 is 1.93 bits per heavy atom. The van der Waals surface area contributed by atoms with E-state index in [4.69, 9.17) is 0 Å². The Labute approximate surface area is 154 Å². The topological polar surface area (TPSA) is 102 Å². The van der Waals surface area contributed by atoms with Gasteiger partial charge in [0.15, 0.2) is 17.5 Å². The van der Waals surface area contributed by atoms with Crippen LogP contribution in [0.2, 0.25) is 0 Å². The maximum absolute atomic E-state index is 13.5. The van der Waals surface area contributed by atoms with Gasteiger partial charge in [0.1, 0.15) is 6.54 Å². The van der Waals surface area contributed by atoms with Crippen molar-refractivity contribution in [1.82, 2.24) is 25.5 Å². The first-order valence-electron chi connectivity index (χ1n) is 7.44. The van der Waals surface area contributed by atoms with Crippen LogP contribution in [0.4, 0.5) is 18.9 Å². The lowest BCUT2D eigenvalue weighted by molar-refractivity contribution is -0.124. The number of nitrogens with one attached hydrogen (secondary N) is 2. The number of nitrogens with zero attached hydrogens (tertiary/aromatic N) is 4. The van der Waals surface area contributed by atoms with Gasteiger partial charge in [-0.3, -0.25) is 9.59 Å². The number of hydrogen-bond acceptors (Lipinski definition) is 6. The van der Waals surface area contributed by atoms with Crippen molar-refractivity contribution in [1.29, 1.82) is 0 Å². The summed E-state index contributed by atoms with van der Waals surface area (Å²) in [6.07, 6.45) is 0. The fraction of sp³-hybridized carbons (Fsp3) is 0.133. The van der Waals surface area contributed by atoms with Crippen molar-refractivity contribution in [2.24, 2.45) is 0 Å². The number of carbonyl (C=O) groups excluding carboxylic acids is 2. The highest BCUT2D eigenvalue weighted by atomic mass is 32.1. The predicted molar refractivity (Wildman–Crippen MR) is 89.1 cm³/mol. The summed E-state index contributed by atoms with van der Waals surface area (Å²) >= 11 is 1.46. The Morgan fingerprint density at radius 3 is 2.67 bits per heavy atom. The van der Waals surface area contributed by atoms with Gasteiger partial charge >= 0.3 is 0 Å². The van der Waals surface area contributed by atoms with E-state index in [1.54, 1.807) is 6.07 Å². The normalized spacial score (nSPS) is 10.6. The van der Waals surface area contributed by atoms with Crippen LogP contribution in [0.3, 0.4) is 0 Å². The molecular weight excluding hydrogens is 385 g/mol. The molecule has 12 heteroatoms. The SMILES string of the molecule is O=C(Cn1nnc(-c2ccsc2)n1)NCC(=O)Nc1ccc(F)c(F)c1F. The Bertz CT molecular complexity index is 976. The summed E-state index contributed by atoms with van der Waals surface area (Å²) in [5.74, 6) is -5.65. The van der Waals surface area contributed by atoms with Gasteiger partial charge in [0.25, 0.3) is 0 Å². The van der Waals surface area contributed by atoms with Gasteiger partial charge in [-0.05, 0) is 28.8 Å². The van der Waals surface area contributed by atoms with Gasteiger partial charge in [0.05, 0.1) is 12.2 Å².